The second-order valence-corrected chi connectivity index (χ2v) is 4.06. The number of hydrogen-bond acceptors (Lipinski definition) is 4. The van der Waals surface area contributed by atoms with Crippen molar-refractivity contribution in [2.24, 2.45) is 5.73 Å². The van der Waals surface area contributed by atoms with Crippen LogP contribution in [0, 0.1) is 0 Å². The number of primary amides is 1. The summed E-state index contributed by atoms with van der Waals surface area (Å²) < 4.78 is 6.87. The molecule has 1 aliphatic rings. The fourth-order valence-electron chi connectivity index (χ4n) is 2.22. The van der Waals surface area contributed by atoms with Gasteiger partial charge in [-0.25, -0.2) is 4.68 Å². The van der Waals surface area contributed by atoms with Gasteiger partial charge in [-0.15, -0.1) is 5.10 Å². The summed E-state index contributed by atoms with van der Waals surface area (Å²) in [4.78, 5) is 11.2. The second kappa shape index (κ2) is 4.61. The quantitative estimate of drug-likeness (QED) is 0.813. The van der Waals surface area contributed by atoms with Crippen molar-refractivity contribution in [3.8, 4) is 0 Å². The Morgan fingerprint density at radius 1 is 1.56 bits per heavy atom. The maximum absolute atomic E-state index is 11.2. The predicted molar refractivity (Wildman–Crippen MR) is 56.8 cm³/mol. The van der Waals surface area contributed by atoms with Gasteiger partial charge in [0.15, 0.2) is 5.69 Å². The number of methoxy groups -OCH3 is 1. The van der Waals surface area contributed by atoms with Gasteiger partial charge in [0.25, 0.3) is 5.91 Å². The summed E-state index contributed by atoms with van der Waals surface area (Å²) in [5.41, 5.74) is 6.17. The highest BCUT2D eigenvalue weighted by molar-refractivity contribution is 5.91. The van der Waals surface area contributed by atoms with Crippen LogP contribution in [0.2, 0.25) is 0 Å². The van der Waals surface area contributed by atoms with Crippen molar-refractivity contribution in [3.63, 3.8) is 0 Å². The molecule has 1 saturated carbocycles. The monoisotopic (exact) mass is 224 g/mol. The molecule has 6 nitrogen and oxygen atoms in total. The first-order valence-corrected chi connectivity index (χ1v) is 5.47. The maximum atomic E-state index is 11.2. The lowest BCUT2D eigenvalue weighted by molar-refractivity contribution is 0.0989. The zero-order valence-corrected chi connectivity index (χ0v) is 9.35. The number of nitrogens with zero attached hydrogens (tertiary/aromatic N) is 3. The molecule has 0 unspecified atom stereocenters. The highest BCUT2D eigenvalue weighted by Gasteiger charge is 2.24. The number of hydrogen-bond donors (Lipinski definition) is 1. The molecule has 2 rings (SSSR count). The molecule has 0 aromatic carbocycles. The number of carbonyl (C=O) groups is 1. The summed E-state index contributed by atoms with van der Waals surface area (Å²) in [5.74, 6) is -0.545. The Morgan fingerprint density at radius 2 is 2.25 bits per heavy atom. The molecule has 1 amide bonds. The normalized spacial score (nSPS) is 16.8. The molecular weight excluding hydrogens is 208 g/mol. The van der Waals surface area contributed by atoms with Crippen LogP contribution in [-0.2, 0) is 11.3 Å². The molecule has 1 aliphatic carbocycles. The fourth-order valence-corrected chi connectivity index (χ4v) is 2.22. The number of rotatable bonds is 4. The summed E-state index contributed by atoms with van der Waals surface area (Å²) >= 11 is 0. The van der Waals surface area contributed by atoms with Crippen molar-refractivity contribution in [1.29, 1.82) is 0 Å². The van der Waals surface area contributed by atoms with E-state index in [9.17, 15) is 4.79 Å². The summed E-state index contributed by atoms with van der Waals surface area (Å²) in [5, 5.41) is 7.86. The van der Waals surface area contributed by atoms with E-state index in [0.29, 0.717) is 18.3 Å². The number of carbonyl (C=O) groups excluding carboxylic acids is 1. The molecule has 2 N–H and O–H groups in total. The molecule has 1 aromatic rings. The van der Waals surface area contributed by atoms with Crippen LogP contribution in [0.4, 0.5) is 0 Å². The SMILES string of the molecule is COCc1c(C(N)=O)nnn1C1CCCC1. The summed E-state index contributed by atoms with van der Waals surface area (Å²) in [6.45, 7) is 0.321. The average molecular weight is 224 g/mol. The van der Waals surface area contributed by atoms with Crippen molar-refractivity contribution >= 4 is 5.91 Å². The van der Waals surface area contributed by atoms with E-state index >= 15 is 0 Å². The third kappa shape index (κ3) is 1.92. The highest BCUT2D eigenvalue weighted by atomic mass is 16.5. The van der Waals surface area contributed by atoms with Crippen molar-refractivity contribution in [3.05, 3.63) is 11.4 Å². The molecule has 6 heteroatoms. The smallest absolute Gasteiger partial charge is 0.271 e. The fraction of sp³-hybridized carbons (Fsp3) is 0.700. The van der Waals surface area contributed by atoms with Gasteiger partial charge in [0.05, 0.1) is 18.3 Å². The third-order valence-electron chi connectivity index (χ3n) is 2.98. The average Bonchev–Trinajstić information content (AvgIpc) is 2.84. The van der Waals surface area contributed by atoms with Gasteiger partial charge in [-0.3, -0.25) is 4.79 Å². The lowest BCUT2D eigenvalue weighted by Gasteiger charge is -2.12. The lowest BCUT2D eigenvalue weighted by Crippen LogP contribution is -2.17. The van der Waals surface area contributed by atoms with E-state index in [1.165, 1.54) is 12.8 Å². The van der Waals surface area contributed by atoms with Crippen LogP contribution >= 0.6 is 0 Å². The van der Waals surface area contributed by atoms with Gasteiger partial charge in [0.1, 0.15) is 0 Å². The van der Waals surface area contributed by atoms with Gasteiger partial charge in [0.2, 0.25) is 0 Å². The number of aromatic nitrogens is 3. The van der Waals surface area contributed by atoms with Crippen LogP contribution in [-0.4, -0.2) is 28.0 Å². The molecule has 16 heavy (non-hydrogen) atoms. The molecule has 1 fully saturated rings. The van der Waals surface area contributed by atoms with Gasteiger partial charge in [-0.2, -0.15) is 0 Å². The van der Waals surface area contributed by atoms with Crippen LogP contribution < -0.4 is 5.73 Å². The van der Waals surface area contributed by atoms with Crippen LogP contribution in [0.1, 0.15) is 47.9 Å². The van der Waals surface area contributed by atoms with E-state index in [4.69, 9.17) is 10.5 Å². The van der Waals surface area contributed by atoms with Crippen molar-refractivity contribution in [2.75, 3.05) is 7.11 Å². The standard InChI is InChI=1S/C10H16N4O2/c1-16-6-8-9(10(11)15)12-13-14(8)7-4-2-3-5-7/h7H,2-6H2,1H3,(H2,11,15). The second-order valence-electron chi connectivity index (χ2n) is 4.06. The molecule has 0 aliphatic heterocycles. The first-order chi connectivity index (χ1) is 7.74. The first-order valence-electron chi connectivity index (χ1n) is 5.47. The summed E-state index contributed by atoms with van der Waals surface area (Å²) in [6, 6.07) is 0.339. The van der Waals surface area contributed by atoms with Gasteiger partial charge in [0, 0.05) is 7.11 Å². The molecule has 1 aromatic heterocycles. The van der Waals surface area contributed by atoms with Gasteiger partial charge < -0.3 is 10.5 Å². The minimum Gasteiger partial charge on any atom is -0.378 e. The van der Waals surface area contributed by atoms with E-state index in [1.807, 2.05) is 0 Å². The van der Waals surface area contributed by atoms with Gasteiger partial charge >= 0.3 is 0 Å². The van der Waals surface area contributed by atoms with E-state index in [1.54, 1.807) is 11.8 Å². The molecule has 0 saturated heterocycles. The minimum atomic E-state index is -0.545. The molecule has 1 heterocycles. The van der Waals surface area contributed by atoms with Crippen molar-refractivity contribution < 1.29 is 9.53 Å². The molecule has 0 radical (unpaired) electrons. The molecular formula is C10H16N4O2. The first kappa shape index (κ1) is 11.1. The Morgan fingerprint density at radius 3 is 2.81 bits per heavy atom. The van der Waals surface area contributed by atoms with Crippen molar-refractivity contribution in [1.82, 2.24) is 15.0 Å². The van der Waals surface area contributed by atoms with Crippen LogP contribution in [0.3, 0.4) is 0 Å². The summed E-state index contributed by atoms with van der Waals surface area (Å²) in [7, 11) is 1.58. The molecule has 0 spiro atoms. The maximum Gasteiger partial charge on any atom is 0.271 e. The van der Waals surface area contributed by atoms with Crippen LogP contribution in [0.15, 0.2) is 0 Å². The van der Waals surface area contributed by atoms with E-state index in [2.05, 4.69) is 10.3 Å². The van der Waals surface area contributed by atoms with Crippen LogP contribution in [0.5, 0.6) is 0 Å². The Bertz CT molecular complexity index is 382. The van der Waals surface area contributed by atoms with Gasteiger partial charge in [-0.05, 0) is 12.8 Å². The topological polar surface area (TPSA) is 83.0 Å². The summed E-state index contributed by atoms with van der Waals surface area (Å²) in [6.07, 6.45) is 4.56. The zero-order valence-electron chi connectivity index (χ0n) is 9.35. The Balaban J connectivity index is 2.32. The van der Waals surface area contributed by atoms with E-state index < -0.39 is 5.91 Å². The van der Waals surface area contributed by atoms with E-state index in [-0.39, 0.29) is 5.69 Å². The third-order valence-corrected chi connectivity index (χ3v) is 2.98. The number of ether oxygens (including phenoxy) is 1. The van der Waals surface area contributed by atoms with E-state index in [0.717, 1.165) is 12.8 Å². The number of amides is 1. The minimum absolute atomic E-state index is 0.230. The zero-order chi connectivity index (χ0) is 11.5. The largest absolute Gasteiger partial charge is 0.378 e. The van der Waals surface area contributed by atoms with Crippen molar-refractivity contribution in [2.45, 2.75) is 38.3 Å². The lowest BCUT2D eigenvalue weighted by atomic mass is 10.2. The number of nitrogens with two attached hydrogens (primary N) is 1. The molecule has 0 atom stereocenters. The Hall–Kier alpha value is -1.43. The molecule has 0 bridgehead atoms. The Labute approximate surface area is 93.8 Å². The van der Waals surface area contributed by atoms with Gasteiger partial charge in [-0.1, -0.05) is 18.1 Å². The van der Waals surface area contributed by atoms with Crippen LogP contribution in [0.25, 0.3) is 0 Å². The Kier molecular flexibility index (Phi) is 3.19. The molecule has 88 valence electrons. The highest BCUT2D eigenvalue weighted by Crippen LogP contribution is 2.30. The predicted octanol–water partition coefficient (Wildman–Crippen LogP) is 0.638.